The van der Waals surface area contributed by atoms with Gasteiger partial charge in [0.2, 0.25) is 0 Å². The maximum Gasteiger partial charge on any atom is 0.146 e. The lowest BCUT2D eigenvalue weighted by molar-refractivity contribution is 0.372. The lowest BCUT2D eigenvalue weighted by Gasteiger charge is -2.32. The summed E-state index contributed by atoms with van der Waals surface area (Å²) in [6.45, 7) is 5.12. The van der Waals surface area contributed by atoms with Crippen LogP contribution in [0.4, 0.5) is 10.1 Å². The zero-order valence-corrected chi connectivity index (χ0v) is 13.8. The SMILES string of the molecule is CC1CCN(c2cc(CNC3CCCCC3)ccc2F)CC1. The summed E-state index contributed by atoms with van der Waals surface area (Å²) in [6, 6.07) is 6.28. The van der Waals surface area contributed by atoms with Crippen molar-refractivity contribution in [2.24, 2.45) is 5.92 Å². The van der Waals surface area contributed by atoms with Crippen LogP contribution in [0.1, 0.15) is 57.4 Å². The second-order valence-corrected chi connectivity index (χ2v) is 7.17. The summed E-state index contributed by atoms with van der Waals surface area (Å²) >= 11 is 0. The van der Waals surface area contributed by atoms with Crippen molar-refractivity contribution >= 4 is 5.69 Å². The molecule has 0 radical (unpaired) electrons. The Morgan fingerprint density at radius 2 is 1.82 bits per heavy atom. The molecule has 122 valence electrons. The molecule has 3 heteroatoms. The molecule has 1 saturated heterocycles. The summed E-state index contributed by atoms with van der Waals surface area (Å²) in [4.78, 5) is 2.22. The van der Waals surface area contributed by atoms with Crippen LogP contribution in [0.5, 0.6) is 0 Å². The Morgan fingerprint density at radius 1 is 1.09 bits per heavy atom. The molecular formula is C19H29FN2. The van der Waals surface area contributed by atoms with Gasteiger partial charge in [0.15, 0.2) is 0 Å². The Balaban J connectivity index is 1.61. The minimum absolute atomic E-state index is 0.0732. The van der Waals surface area contributed by atoms with E-state index in [1.54, 1.807) is 6.07 Å². The van der Waals surface area contributed by atoms with Crippen LogP contribution in [0.2, 0.25) is 0 Å². The molecule has 1 N–H and O–H groups in total. The van der Waals surface area contributed by atoms with Gasteiger partial charge in [0.25, 0.3) is 0 Å². The third-order valence-corrected chi connectivity index (χ3v) is 5.33. The fourth-order valence-electron chi connectivity index (χ4n) is 3.73. The van der Waals surface area contributed by atoms with Gasteiger partial charge in [-0.15, -0.1) is 0 Å². The second kappa shape index (κ2) is 7.45. The molecule has 1 aliphatic carbocycles. The fourth-order valence-corrected chi connectivity index (χ4v) is 3.73. The Hall–Kier alpha value is -1.09. The highest BCUT2D eigenvalue weighted by Gasteiger charge is 2.19. The van der Waals surface area contributed by atoms with Crippen LogP contribution in [-0.2, 0) is 6.54 Å². The molecule has 1 aliphatic heterocycles. The van der Waals surface area contributed by atoms with E-state index in [9.17, 15) is 4.39 Å². The molecule has 2 aliphatic rings. The normalized spacial score (nSPS) is 21.3. The molecule has 0 atom stereocenters. The molecule has 0 aromatic heterocycles. The van der Waals surface area contributed by atoms with E-state index < -0.39 is 0 Å². The van der Waals surface area contributed by atoms with Crippen LogP contribution in [0, 0.1) is 11.7 Å². The molecule has 1 aromatic carbocycles. The number of hydrogen-bond donors (Lipinski definition) is 1. The van der Waals surface area contributed by atoms with Gasteiger partial charge in [0.05, 0.1) is 5.69 Å². The minimum atomic E-state index is -0.0732. The van der Waals surface area contributed by atoms with Gasteiger partial charge in [0, 0.05) is 25.7 Å². The Morgan fingerprint density at radius 3 is 2.55 bits per heavy atom. The van der Waals surface area contributed by atoms with Crippen molar-refractivity contribution in [2.45, 2.75) is 64.5 Å². The van der Waals surface area contributed by atoms with Gasteiger partial charge < -0.3 is 10.2 Å². The number of piperidine rings is 1. The van der Waals surface area contributed by atoms with Gasteiger partial charge >= 0.3 is 0 Å². The van der Waals surface area contributed by atoms with E-state index in [4.69, 9.17) is 0 Å². The Labute approximate surface area is 134 Å². The third kappa shape index (κ3) is 4.01. The third-order valence-electron chi connectivity index (χ3n) is 5.33. The maximum atomic E-state index is 14.2. The fraction of sp³-hybridized carbons (Fsp3) is 0.684. The summed E-state index contributed by atoms with van der Waals surface area (Å²) in [6.07, 6.45) is 8.99. The highest BCUT2D eigenvalue weighted by atomic mass is 19.1. The quantitative estimate of drug-likeness (QED) is 0.882. The number of nitrogens with zero attached hydrogens (tertiary/aromatic N) is 1. The molecule has 22 heavy (non-hydrogen) atoms. The van der Waals surface area contributed by atoms with Gasteiger partial charge in [-0.05, 0) is 49.3 Å². The highest BCUT2D eigenvalue weighted by Crippen LogP contribution is 2.26. The molecule has 2 nitrogen and oxygen atoms in total. The van der Waals surface area contributed by atoms with Crippen molar-refractivity contribution in [1.82, 2.24) is 5.32 Å². The van der Waals surface area contributed by atoms with Crippen LogP contribution in [-0.4, -0.2) is 19.1 Å². The van der Waals surface area contributed by atoms with Crippen LogP contribution in [0.25, 0.3) is 0 Å². The molecule has 1 saturated carbocycles. The van der Waals surface area contributed by atoms with Gasteiger partial charge in [-0.3, -0.25) is 0 Å². The summed E-state index contributed by atoms with van der Waals surface area (Å²) in [5.74, 6) is 0.700. The van der Waals surface area contributed by atoms with E-state index in [1.165, 1.54) is 50.5 Å². The molecule has 1 heterocycles. The van der Waals surface area contributed by atoms with Crippen molar-refractivity contribution in [3.63, 3.8) is 0 Å². The van der Waals surface area contributed by atoms with Crippen LogP contribution >= 0.6 is 0 Å². The van der Waals surface area contributed by atoms with E-state index >= 15 is 0 Å². The number of anilines is 1. The first-order valence-corrected chi connectivity index (χ1v) is 8.99. The monoisotopic (exact) mass is 304 g/mol. The average molecular weight is 304 g/mol. The van der Waals surface area contributed by atoms with Gasteiger partial charge in [-0.2, -0.15) is 0 Å². The zero-order chi connectivity index (χ0) is 15.4. The molecule has 0 amide bonds. The van der Waals surface area contributed by atoms with Crippen molar-refractivity contribution in [1.29, 1.82) is 0 Å². The van der Waals surface area contributed by atoms with E-state index in [0.717, 1.165) is 31.2 Å². The topological polar surface area (TPSA) is 15.3 Å². The molecule has 2 fully saturated rings. The average Bonchev–Trinajstić information content (AvgIpc) is 2.56. The second-order valence-electron chi connectivity index (χ2n) is 7.17. The number of hydrogen-bond acceptors (Lipinski definition) is 2. The number of nitrogens with one attached hydrogen (secondary N) is 1. The minimum Gasteiger partial charge on any atom is -0.369 e. The number of rotatable bonds is 4. The Bertz CT molecular complexity index is 474. The first-order valence-electron chi connectivity index (χ1n) is 8.99. The van der Waals surface area contributed by atoms with E-state index in [-0.39, 0.29) is 5.82 Å². The summed E-state index contributed by atoms with van der Waals surface area (Å²) < 4.78 is 14.2. The van der Waals surface area contributed by atoms with Crippen molar-refractivity contribution in [3.8, 4) is 0 Å². The van der Waals surface area contributed by atoms with Gasteiger partial charge in [-0.25, -0.2) is 4.39 Å². The van der Waals surface area contributed by atoms with Gasteiger partial charge in [-0.1, -0.05) is 32.3 Å². The smallest absolute Gasteiger partial charge is 0.146 e. The highest BCUT2D eigenvalue weighted by molar-refractivity contribution is 5.50. The van der Waals surface area contributed by atoms with Crippen LogP contribution in [0.3, 0.4) is 0 Å². The van der Waals surface area contributed by atoms with E-state index in [0.29, 0.717) is 6.04 Å². The molecule has 1 aromatic rings. The predicted molar refractivity (Wildman–Crippen MR) is 90.7 cm³/mol. The van der Waals surface area contributed by atoms with Crippen LogP contribution in [0.15, 0.2) is 18.2 Å². The summed E-state index contributed by atoms with van der Waals surface area (Å²) in [7, 11) is 0. The first kappa shape index (κ1) is 15.8. The van der Waals surface area contributed by atoms with Gasteiger partial charge in [0.1, 0.15) is 5.82 Å². The zero-order valence-electron chi connectivity index (χ0n) is 13.8. The Kier molecular flexibility index (Phi) is 5.35. The van der Waals surface area contributed by atoms with E-state index in [2.05, 4.69) is 23.2 Å². The lowest BCUT2D eigenvalue weighted by atomic mass is 9.95. The lowest BCUT2D eigenvalue weighted by Crippen LogP contribution is -2.33. The molecule has 0 spiro atoms. The van der Waals surface area contributed by atoms with Crippen molar-refractivity contribution in [3.05, 3.63) is 29.6 Å². The van der Waals surface area contributed by atoms with Crippen molar-refractivity contribution in [2.75, 3.05) is 18.0 Å². The largest absolute Gasteiger partial charge is 0.369 e. The molecule has 3 rings (SSSR count). The van der Waals surface area contributed by atoms with Crippen molar-refractivity contribution < 1.29 is 4.39 Å². The van der Waals surface area contributed by atoms with Crippen LogP contribution < -0.4 is 10.2 Å². The standard InChI is InChI=1S/C19H29FN2/c1-15-9-11-22(12-10-15)19-13-16(7-8-18(19)20)14-21-17-5-3-2-4-6-17/h7-8,13,15,17,21H,2-6,9-12,14H2,1H3. The summed E-state index contributed by atoms with van der Waals surface area (Å²) in [5.41, 5.74) is 2.01. The number of benzene rings is 1. The summed E-state index contributed by atoms with van der Waals surface area (Å²) in [5, 5.41) is 3.65. The molecular weight excluding hydrogens is 275 g/mol. The molecule has 0 unspecified atom stereocenters. The predicted octanol–water partition coefficient (Wildman–Crippen LogP) is 4.48. The first-order chi connectivity index (χ1) is 10.7. The van der Waals surface area contributed by atoms with E-state index in [1.807, 2.05) is 6.07 Å². The number of halogens is 1. The maximum absolute atomic E-state index is 14.2. The molecule has 0 bridgehead atoms.